The summed E-state index contributed by atoms with van der Waals surface area (Å²) < 4.78 is 16.0. The number of methoxy groups -OCH3 is 2. The number of nitrogens with zero attached hydrogens (tertiary/aromatic N) is 3. The molecule has 0 unspecified atom stereocenters. The lowest BCUT2D eigenvalue weighted by Crippen LogP contribution is -2.18. The fourth-order valence-corrected chi connectivity index (χ4v) is 2.72. The lowest BCUT2D eigenvalue weighted by atomic mass is 10.2. The molecule has 0 saturated carbocycles. The molecule has 3 aromatic rings. The van der Waals surface area contributed by atoms with Gasteiger partial charge < -0.3 is 14.0 Å². The fourth-order valence-electron chi connectivity index (χ4n) is 2.60. The summed E-state index contributed by atoms with van der Waals surface area (Å²) in [7, 11) is 5.26. The minimum atomic E-state index is 0.524. The average molecular weight is 374 g/mol. The lowest BCUT2D eigenvalue weighted by molar-refractivity contribution is 0.257. The summed E-state index contributed by atoms with van der Waals surface area (Å²) in [5.41, 5.74) is 1.91. The van der Waals surface area contributed by atoms with Crippen molar-refractivity contribution in [3.63, 3.8) is 0 Å². The maximum Gasteiger partial charge on any atom is 0.241 e. The van der Waals surface area contributed by atoms with Crippen LogP contribution in [0, 0.1) is 0 Å². The van der Waals surface area contributed by atoms with E-state index >= 15 is 0 Å². The number of hydrogen-bond donors (Lipinski definition) is 0. The average Bonchev–Trinajstić information content (AvgIpc) is 3.11. The van der Waals surface area contributed by atoms with Crippen molar-refractivity contribution in [1.82, 2.24) is 15.0 Å². The van der Waals surface area contributed by atoms with Crippen molar-refractivity contribution >= 4 is 11.6 Å². The van der Waals surface area contributed by atoms with E-state index in [0.717, 1.165) is 22.6 Å². The summed E-state index contributed by atoms with van der Waals surface area (Å²) in [5.74, 6) is 2.64. The quantitative estimate of drug-likeness (QED) is 0.623. The van der Waals surface area contributed by atoms with Crippen molar-refractivity contribution < 1.29 is 14.0 Å². The minimum absolute atomic E-state index is 0.524. The van der Waals surface area contributed by atoms with Crippen molar-refractivity contribution in [2.75, 3.05) is 21.3 Å². The Balaban J connectivity index is 1.67. The van der Waals surface area contributed by atoms with Crippen LogP contribution in [0.5, 0.6) is 11.5 Å². The second kappa shape index (κ2) is 8.21. The van der Waals surface area contributed by atoms with Crippen LogP contribution in [-0.4, -0.2) is 36.3 Å². The Kier molecular flexibility index (Phi) is 5.75. The third kappa shape index (κ3) is 4.33. The first-order valence-electron chi connectivity index (χ1n) is 8.07. The summed E-state index contributed by atoms with van der Waals surface area (Å²) in [5, 5.41) is 4.71. The van der Waals surface area contributed by atoms with Gasteiger partial charge >= 0.3 is 0 Å². The van der Waals surface area contributed by atoms with Crippen molar-refractivity contribution in [2.45, 2.75) is 13.1 Å². The van der Waals surface area contributed by atoms with E-state index in [-0.39, 0.29) is 0 Å². The summed E-state index contributed by atoms with van der Waals surface area (Å²) in [4.78, 5) is 6.52. The summed E-state index contributed by atoms with van der Waals surface area (Å²) >= 11 is 5.90. The van der Waals surface area contributed by atoms with Gasteiger partial charge in [-0.1, -0.05) is 22.8 Å². The summed E-state index contributed by atoms with van der Waals surface area (Å²) in [6, 6.07) is 13.1. The molecule has 0 N–H and O–H groups in total. The molecule has 0 fully saturated rings. The highest BCUT2D eigenvalue weighted by Gasteiger charge is 2.13. The zero-order valence-electron chi connectivity index (χ0n) is 14.9. The van der Waals surface area contributed by atoms with Crippen LogP contribution in [0.3, 0.4) is 0 Å². The summed E-state index contributed by atoms with van der Waals surface area (Å²) in [6.45, 7) is 1.20. The number of rotatable bonds is 7. The van der Waals surface area contributed by atoms with Crippen LogP contribution in [0.25, 0.3) is 11.4 Å². The highest BCUT2D eigenvalue weighted by atomic mass is 35.5. The molecule has 0 saturated heterocycles. The van der Waals surface area contributed by atoms with E-state index in [1.165, 1.54) is 0 Å². The number of aromatic nitrogens is 2. The molecular formula is C19H20ClN3O3. The third-order valence-corrected chi connectivity index (χ3v) is 4.16. The smallest absolute Gasteiger partial charge is 0.241 e. The Morgan fingerprint density at radius 3 is 2.50 bits per heavy atom. The molecule has 0 aliphatic rings. The molecule has 0 aliphatic carbocycles. The van der Waals surface area contributed by atoms with E-state index in [0.29, 0.717) is 29.8 Å². The topological polar surface area (TPSA) is 60.6 Å². The molecule has 0 aliphatic heterocycles. The predicted octanol–water partition coefficient (Wildman–Crippen LogP) is 4.04. The molecule has 6 nitrogen and oxygen atoms in total. The van der Waals surface area contributed by atoms with Gasteiger partial charge in [-0.2, -0.15) is 4.98 Å². The van der Waals surface area contributed by atoms with Crippen molar-refractivity contribution in [1.29, 1.82) is 0 Å². The zero-order valence-corrected chi connectivity index (χ0v) is 15.7. The molecular weight excluding hydrogens is 354 g/mol. The van der Waals surface area contributed by atoms with Gasteiger partial charge in [0.25, 0.3) is 0 Å². The van der Waals surface area contributed by atoms with Crippen LogP contribution < -0.4 is 9.47 Å². The van der Waals surface area contributed by atoms with Crippen LogP contribution in [0.4, 0.5) is 0 Å². The molecule has 0 radical (unpaired) electrons. The van der Waals surface area contributed by atoms with E-state index in [9.17, 15) is 0 Å². The molecule has 136 valence electrons. The lowest BCUT2D eigenvalue weighted by Gasteiger charge is -2.17. The van der Waals surface area contributed by atoms with Crippen LogP contribution in [0.15, 0.2) is 47.0 Å². The molecule has 1 heterocycles. The Hall–Kier alpha value is -2.57. The molecule has 2 aromatic carbocycles. The normalized spacial score (nSPS) is 11.0. The standard InChI is InChI=1S/C19H20ClN3O3/c1-23(11-14-6-9-16(24-2)10-17(14)25-3)12-18-21-19(22-26-18)13-4-7-15(20)8-5-13/h4-10H,11-12H2,1-3H3. The Morgan fingerprint density at radius 1 is 1.04 bits per heavy atom. The predicted molar refractivity (Wildman–Crippen MR) is 99.5 cm³/mol. The summed E-state index contributed by atoms with van der Waals surface area (Å²) in [6.07, 6.45) is 0. The molecule has 26 heavy (non-hydrogen) atoms. The Morgan fingerprint density at radius 2 is 1.81 bits per heavy atom. The van der Waals surface area contributed by atoms with Crippen LogP contribution in [0.2, 0.25) is 5.02 Å². The molecule has 0 spiro atoms. The SMILES string of the molecule is COc1ccc(CN(C)Cc2nc(-c3ccc(Cl)cc3)no2)c(OC)c1. The van der Waals surface area contributed by atoms with Gasteiger partial charge in [-0.25, -0.2) is 0 Å². The largest absolute Gasteiger partial charge is 0.497 e. The van der Waals surface area contributed by atoms with E-state index in [4.69, 9.17) is 25.6 Å². The maximum absolute atomic E-state index is 5.90. The van der Waals surface area contributed by atoms with E-state index in [2.05, 4.69) is 15.0 Å². The van der Waals surface area contributed by atoms with E-state index < -0.39 is 0 Å². The fraction of sp³-hybridized carbons (Fsp3) is 0.263. The van der Waals surface area contributed by atoms with Gasteiger partial charge in [0.1, 0.15) is 11.5 Å². The molecule has 0 atom stereocenters. The third-order valence-electron chi connectivity index (χ3n) is 3.91. The Bertz CT molecular complexity index is 865. The van der Waals surface area contributed by atoms with E-state index in [1.807, 2.05) is 37.4 Å². The molecule has 0 bridgehead atoms. The highest BCUT2D eigenvalue weighted by Crippen LogP contribution is 2.26. The van der Waals surface area contributed by atoms with Crippen LogP contribution >= 0.6 is 11.6 Å². The van der Waals surface area contributed by atoms with E-state index in [1.54, 1.807) is 26.4 Å². The maximum atomic E-state index is 5.90. The zero-order chi connectivity index (χ0) is 18.5. The monoisotopic (exact) mass is 373 g/mol. The first-order chi connectivity index (χ1) is 12.6. The Labute approximate surface area is 157 Å². The highest BCUT2D eigenvalue weighted by molar-refractivity contribution is 6.30. The van der Waals surface area contributed by atoms with Crippen LogP contribution in [-0.2, 0) is 13.1 Å². The van der Waals surface area contributed by atoms with Gasteiger partial charge in [0, 0.05) is 28.8 Å². The number of halogens is 1. The van der Waals surface area contributed by atoms with Gasteiger partial charge in [-0.3, -0.25) is 4.90 Å². The molecule has 7 heteroatoms. The van der Waals surface area contributed by atoms with Gasteiger partial charge in [-0.05, 0) is 37.4 Å². The molecule has 1 aromatic heterocycles. The second-order valence-corrected chi connectivity index (χ2v) is 6.31. The van der Waals surface area contributed by atoms with Gasteiger partial charge in [0.15, 0.2) is 0 Å². The second-order valence-electron chi connectivity index (χ2n) is 5.87. The van der Waals surface area contributed by atoms with Crippen molar-refractivity contribution in [3.05, 3.63) is 58.9 Å². The first-order valence-corrected chi connectivity index (χ1v) is 8.45. The minimum Gasteiger partial charge on any atom is -0.497 e. The van der Waals surface area contributed by atoms with Gasteiger partial charge in [-0.15, -0.1) is 0 Å². The number of benzene rings is 2. The number of ether oxygens (including phenoxy) is 2. The molecule has 3 rings (SSSR count). The molecule has 0 amide bonds. The van der Waals surface area contributed by atoms with Crippen LogP contribution in [0.1, 0.15) is 11.5 Å². The van der Waals surface area contributed by atoms with Gasteiger partial charge in [0.2, 0.25) is 11.7 Å². The first kappa shape index (κ1) is 18.2. The van der Waals surface area contributed by atoms with Crippen molar-refractivity contribution in [2.24, 2.45) is 0 Å². The van der Waals surface area contributed by atoms with Gasteiger partial charge in [0.05, 0.1) is 20.8 Å². The van der Waals surface area contributed by atoms with Crippen molar-refractivity contribution in [3.8, 4) is 22.9 Å². The number of hydrogen-bond acceptors (Lipinski definition) is 6.